The van der Waals surface area contributed by atoms with Gasteiger partial charge in [-0.3, -0.25) is 48.0 Å². The number of nitrogens with zero attached hydrogens (tertiary/aromatic N) is 5. The number of nitrogens with one attached hydrogen (secondary N) is 9. The number of benzene rings is 2. The number of primary amides is 1. The maximum absolute atomic E-state index is 14.8. The Morgan fingerprint density at radius 2 is 1.46 bits per heavy atom. The first-order valence-corrected chi connectivity index (χ1v) is 25.5. The topological polar surface area (TPSA) is 386 Å². The molecule has 4 heterocycles. The molecule has 25 heteroatoms. The highest BCUT2D eigenvalue weighted by atomic mass is 16.2. The van der Waals surface area contributed by atoms with E-state index in [4.69, 9.17) is 17.2 Å². The monoisotopic (exact) mass is 1050 g/mol. The van der Waals surface area contributed by atoms with Gasteiger partial charge in [0.25, 0.3) is 0 Å². The summed E-state index contributed by atoms with van der Waals surface area (Å²) in [5.74, 6) is -5.96. The van der Waals surface area contributed by atoms with Crippen molar-refractivity contribution in [3.05, 3.63) is 102 Å². The summed E-state index contributed by atoms with van der Waals surface area (Å²) >= 11 is 0. The number of nitrogens with two attached hydrogens (primary N) is 3. The van der Waals surface area contributed by atoms with E-state index in [0.717, 1.165) is 17.3 Å². The Hall–Kier alpha value is -8.64. The van der Waals surface area contributed by atoms with Crippen LogP contribution in [0.5, 0.6) is 0 Å². The van der Waals surface area contributed by atoms with Crippen molar-refractivity contribution in [2.45, 2.75) is 140 Å². The van der Waals surface area contributed by atoms with Crippen molar-refractivity contribution < 1.29 is 38.4 Å². The minimum absolute atomic E-state index is 0.0359. The molecule has 0 radical (unpaired) electrons. The Kier molecular flexibility index (Phi) is 21.0. The van der Waals surface area contributed by atoms with Crippen LogP contribution >= 0.6 is 0 Å². The second-order valence-corrected chi connectivity index (χ2v) is 18.8. The van der Waals surface area contributed by atoms with Gasteiger partial charge in [-0.1, -0.05) is 73.5 Å². The van der Waals surface area contributed by atoms with Crippen molar-refractivity contribution in [2.75, 3.05) is 6.54 Å². The van der Waals surface area contributed by atoms with E-state index in [9.17, 15) is 38.4 Å². The number of aliphatic imine (C=N–C) groups is 1. The van der Waals surface area contributed by atoms with Crippen molar-refractivity contribution in [2.24, 2.45) is 22.2 Å². The molecule has 0 aliphatic carbocycles. The van der Waals surface area contributed by atoms with Crippen LogP contribution in [0.15, 0.2) is 84.5 Å². The van der Waals surface area contributed by atoms with Gasteiger partial charge < -0.3 is 64.4 Å². The standard InChI is InChI=1S/C51H69N17O8/c1-3-4-16-38(59-30(2)69)45(71)64-43-25-34-28-68(67-66-34)21-11-10-18-37(44(52)70)60-48(74)41(23-32-26-57-36-17-9-8-15-35(32)36)63-46(72)39(19-12-20-56-51(53)54)61-47(73)40(22-31-13-6-5-7-14-31)62-49(75)42(65-50(43)76)24-33-27-55-29-58-33/h5-9,13-15,17,26-29,37-43,57H,3-4,10-12,16,18-25H2,1-2H3,(H2,52,70)(H,55,58)(H,59,69)(H,60,74)(H,61,73)(H,62,75)(H,63,72)(H,64,71)(H,65,76)(H4,53,54,56)/t37-,38-,39-,40+,41-,42-,43-/m0/s1. The van der Waals surface area contributed by atoms with Gasteiger partial charge in [-0.05, 0) is 55.7 Å². The van der Waals surface area contributed by atoms with Gasteiger partial charge in [-0.15, -0.1) is 5.10 Å². The second kappa shape index (κ2) is 28.1. The summed E-state index contributed by atoms with van der Waals surface area (Å²) in [6.07, 6.45) is 8.40. The molecule has 2 aromatic carbocycles. The van der Waals surface area contributed by atoms with Gasteiger partial charge in [0.1, 0.15) is 42.3 Å². The number of hydrogen-bond acceptors (Lipinski definition) is 12. The van der Waals surface area contributed by atoms with Crippen molar-refractivity contribution in [1.29, 1.82) is 0 Å². The summed E-state index contributed by atoms with van der Waals surface area (Å²) in [7, 11) is 0. The molecular weight excluding hydrogens is 979 g/mol. The summed E-state index contributed by atoms with van der Waals surface area (Å²) in [4.78, 5) is 126. The molecule has 15 N–H and O–H groups in total. The molecule has 0 unspecified atom stereocenters. The largest absolute Gasteiger partial charge is 0.370 e. The predicted octanol–water partition coefficient (Wildman–Crippen LogP) is -0.920. The molecule has 8 amide bonds. The maximum Gasteiger partial charge on any atom is 0.243 e. The lowest BCUT2D eigenvalue weighted by atomic mass is 10.0. The highest BCUT2D eigenvalue weighted by Crippen LogP contribution is 2.20. The van der Waals surface area contributed by atoms with E-state index >= 15 is 0 Å². The number of fused-ring (bicyclic) bond motifs is 3. The van der Waals surface area contributed by atoms with E-state index in [1.807, 2.05) is 31.2 Å². The highest BCUT2D eigenvalue weighted by Gasteiger charge is 2.35. The first kappa shape index (κ1) is 56.7. The quantitative estimate of drug-likeness (QED) is 0.0305. The Bertz CT molecular complexity index is 2790. The second-order valence-electron chi connectivity index (χ2n) is 18.8. The number of aromatic nitrogens is 6. The van der Waals surface area contributed by atoms with Crippen molar-refractivity contribution in [1.82, 2.24) is 67.2 Å². The Morgan fingerprint density at radius 3 is 2.16 bits per heavy atom. The van der Waals surface area contributed by atoms with Crippen molar-refractivity contribution in [3.63, 3.8) is 0 Å². The van der Waals surface area contributed by atoms with Crippen molar-refractivity contribution in [3.8, 4) is 0 Å². The van der Waals surface area contributed by atoms with Gasteiger partial charge in [0.2, 0.25) is 47.3 Å². The first-order valence-electron chi connectivity index (χ1n) is 25.5. The van der Waals surface area contributed by atoms with Gasteiger partial charge in [0, 0.05) is 80.9 Å². The molecule has 76 heavy (non-hydrogen) atoms. The van der Waals surface area contributed by atoms with E-state index in [2.05, 4.69) is 67.5 Å². The normalized spacial score (nSPS) is 20.8. The number of aromatic amines is 2. The average Bonchev–Trinajstić information content (AvgIpc) is 4.18. The fourth-order valence-electron chi connectivity index (χ4n) is 8.81. The number of imidazole rings is 1. The van der Waals surface area contributed by atoms with Crippen LogP contribution in [-0.2, 0) is 70.6 Å². The molecule has 0 fully saturated rings. The summed E-state index contributed by atoms with van der Waals surface area (Å²) in [6.45, 7) is 3.59. The molecule has 1 aliphatic heterocycles. The summed E-state index contributed by atoms with van der Waals surface area (Å²) < 4.78 is 1.52. The molecule has 6 rings (SSSR count). The number of unbranched alkanes of at least 4 members (excludes halogenated alkanes) is 1. The molecule has 5 aromatic rings. The van der Waals surface area contributed by atoms with E-state index in [0.29, 0.717) is 48.3 Å². The van der Waals surface area contributed by atoms with E-state index in [1.165, 1.54) is 24.1 Å². The highest BCUT2D eigenvalue weighted by molar-refractivity contribution is 5.98. The molecule has 0 saturated heterocycles. The van der Waals surface area contributed by atoms with Crippen LogP contribution in [0.4, 0.5) is 0 Å². The Labute approximate surface area is 438 Å². The number of aryl methyl sites for hydroxylation is 1. The van der Waals surface area contributed by atoms with Gasteiger partial charge in [0.05, 0.1) is 12.0 Å². The SMILES string of the molecule is CCCC[C@H](NC(C)=O)C(=O)N[C@H]1Cc2cn(nn2)CCCC[C@@H](C(N)=O)NC(=O)[C@H](Cc2c[nH]c3ccccc23)NC(=O)[C@H](CCCN=C(N)N)NC(=O)[C@@H](Cc2ccccc2)NC(=O)[C@H](Cc2cnc[nH]2)NC1=O. The molecule has 2 bridgehead atoms. The van der Waals surface area contributed by atoms with Crippen LogP contribution in [-0.4, -0.2) is 132 Å². The number of H-pyrrole nitrogens is 2. The summed E-state index contributed by atoms with van der Waals surface area (Å²) in [5, 5.41) is 28.7. The minimum atomic E-state index is -1.39. The van der Waals surface area contributed by atoms with Crippen LogP contribution < -0.4 is 54.4 Å². The smallest absolute Gasteiger partial charge is 0.243 e. The lowest BCUT2D eigenvalue weighted by Crippen LogP contribution is -2.61. The Morgan fingerprint density at radius 1 is 0.789 bits per heavy atom. The van der Waals surface area contributed by atoms with Gasteiger partial charge in [-0.25, -0.2) is 4.98 Å². The number of guanidine groups is 1. The third-order valence-corrected chi connectivity index (χ3v) is 12.8. The minimum Gasteiger partial charge on any atom is -0.370 e. The number of carbonyl (C=O) groups is 8. The predicted molar refractivity (Wildman–Crippen MR) is 280 cm³/mol. The van der Waals surface area contributed by atoms with E-state index in [-0.39, 0.29) is 63.9 Å². The lowest BCUT2D eigenvalue weighted by molar-refractivity contribution is -0.135. The fraction of sp³-hybridized carbons (Fsp3) is 0.451. The third kappa shape index (κ3) is 17.2. The van der Waals surface area contributed by atoms with Crippen LogP contribution in [0, 0.1) is 0 Å². The maximum atomic E-state index is 14.8. The van der Waals surface area contributed by atoms with E-state index in [1.54, 1.807) is 42.7 Å². The molecule has 0 saturated carbocycles. The molecule has 406 valence electrons. The summed E-state index contributed by atoms with van der Waals surface area (Å²) in [5.41, 5.74) is 19.9. The lowest BCUT2D eigenvalue weighted by Gasteiger charge is -2.28. The van der Waals surface area contributed by atoms with Crippen LogP contribution in [0.25, 0.3) is 10.9 Å². The summed E-state index contributed by atoms with van der Waals surface area (Å²) in [6, 6.07) is 7.29. The average molecular weight is 1050 g/mol. The molecular formula is C51H69N17O8. The number of amides is 8. The number of hydrogen-bond donors (Lipinski definition) is 12. The molecule has 25 nitrogen and oxygen atoms in total. The van der Waals surface area contributed by atoms with E-state index < -0.39 is 89.6 Å². The van der Waals surface area contributed by atoms with Crippen LogP contribution in [0.2, 0.25) is 0 Å². The first-order chi connectivity index (χ1) is 36.6. The van der Waals surface area contributed by atoms with Crippen LogP contribution in [0.3, 0.4) is 0 Å². The zero-order chi connectivity index (χ0) is 54.6. The molecule has 3 aromatic heterocycles. The molecule has 1 aliphatic rings. The number of carbonyl (C=O) groups excluding carboxylic acids is 8. The number of para-hydroxylation sites is 1. The van der Waals surface area contributed by atoms with Gasteiger partial charge in [0.15, 0.2) is 5.96 Å². The van der Waals surface area contributed by atoms with Crippen molar-refractivity contribution >= 4 is 64.1 Å². The molecule has 7 atom stereocenters. The third-order valence-electron chi connectivity index (χ3n) is 12.8. The molecule has 0 spiro atoms. The zero-order valence-corrected chi connectivity index (χ0v) is 42.7. The van der Waals surface area contributed by atoms with Crippen LogP contribution in [0.1, 0.15) is 87.7 Å². The van der Waals surface area contributed by atoms with Gasteiger partial charge >= 0.3 is 0 Å². The fourth-order valence-corrected chi connectivity index (χ4v) is 8.81. The Balaban J connectivity index is 1.39. The zero-order valence-electron chi connectivity index (χ0n) is 42.7. The van der Waals surface area contributed by atoms with Gasteiger partial charge in [-0.2, -0.15) is 0 Å². The number of rotatable bonds is 17.